The lowest BCUT2D eigenvalue weighted by Gasteiger charge is -2.18. The van der Waals surface area contributed by atoms with Crippen LogP contribution in [0.15, 0.2) is 36.4 Å². The number of methoxy groups -OCH3 is 2. The first kappa shape index (κ1) is 24.6. The Morgan fingerprint density at radius 2 is 1.74 bits per heavy atom. The largest absolute Gasteiger partial charge is 0.497 e. The molecule has 10 heteroatoms. The van der Waals surface area contributed by atoms with Gasteiger partial charge in [0, 0.05) is 23.7 Å². The highest BCUT2D eigenvalue weighted by atomic mass is 16.5. The number of hydrogen-bond donors (Lipinski definition) is 2. The molecule has 3 rings (SSSR count). The number of anilines is 1. The average molecular weight is 469 g/mol. The number of amides is 3. The second-order valence-electron chi connectivity index (χ2n) is 7.85. The fourth-order valence-electron chi connectivity index (χ4n) is 3.43. The van der Waals surface area contributed by atoms with Crippen molar-refractivity contribution in [2.45, 2.75) is 20.3 Å². The van der Waals surface area contributed by atoms with Gasteiger partial charge in [0.25, 0.3) is 11.8 Å². The zero-order valence-corrected chi connectivity index (χ0v) is 19.5. The Kier molecular flexibility index (Phi) is 7.72. The van der Waals surface area contributed by atoms with E-state index < -0.39 is 36.2 Å². The maximum Gasteiger partial charge on any atom is 0.311 e. The molecule has 2 aromatic rings. The van der Waals surface area contributed by atoms with Gasteiger partial charge in [-0.1, -0.05) is 12.1 Å². The molecule has 180 valence electrons. The van der Waals surface area contributed by atoms with E-state index in [9.17, 15) is 19.2 Å². The third kappa shape index (κ3) is 5.83. The first-order valence-electron chi connectivity index (χ1n) is 10.6. The maximum absolute atomic E-state index is 12.6. The average Bonchev–Trinajstić information content (AvgIpc) is 3.20. The third-order valence-corrected chi connectivity index (χ3v) is 5.53. The monoisotopic (exact) mass is 469 g/mol. The summed E-state index contributed by atoms with van der Waals surface area (Å²) in [5, 5.41) is 3.77. The highest BCUT2D eigenvalue weighted by molar-refractivity contribution is 5.97. The van der Waals surface area contributed by atoms with Crippen LogP contribution in [0.5, 0.6) is 11.5 Å². The predicted molar refractivity (Wildman–Crippen MR) is 122 cm³/mol. The number of esters is 1. The van der Waals surface area contributed by atoms with Crippen molar-refractivity contribution in [3.8, 4) is 11.5 Å². The molecule has 34 heavy (non-hydrogen) atoms. The summed E-state index contributed by atoms with van der Waals surface area (Å²) in [7, 11) is 2.91. The van der Waals surface area contributed by atoms with Gasteiger partial charge in [0.2, 0.25) is 5.91 Å². The van der Waals surface area contributed by atoms with E-state index in [1.54, 1.807) is 12.1 Å². The van der Waals surface area contributed by atoms with E-state index in [2.05, 4.69) is 10.7 Å². The topological polar surface area (TPSA) is 123 Å². The summed E-state index contributed by atoms with van der Waals surface area (Å²) in [5.41, 5.74) is 5.29. The van der Waals surface area contributed by atoms with E-state index in [1.807, 2.05) is 26.0 Å². The zero-order valence-electron chi connectivity index (χ0n) is 19.5. The van der Waals surface area contributed by atoms with Crippen LogP contribution >= 0.6 is 0 Å². The first-order chi connectivity index (χ1) is 16.2. The van der Waals surface area contributed by atoms with E-state index in [1.165, 1.54) is 26.4 Å². The zero-order chi connectivity index (χ0) is 24.8. The van der Waals surface area contributed by atoms with E-state index in [0.717, 1.165) is 16.1 Å². The second-order valence-corrected chi connectivity index (χ2v) is 7.85. The summed E-state index contributed by atoms with van der Waals surface area (Å²) in [5.74, 6) is -2.15. The van der Waals surface area contributed by atoms with Crippen LogP contribution in [-0.4, -0.2) is 56.1 Å². The molecule has 0 unspecified atom stereocenters. The van der Waals surface area contributed by atoms with Crippen LogP contribution in [-0.2, 0) is 19.1 Å². The van der Waals surface area contributed by atoms with Gasteiger partial charge in [-0.05, 0) is 43.2 Å². The lowest BCUT2D eigenvalue weighted by Crippen LogP contribution is -2.43. The Morgan fingerprint density at radius 1 is 1.06 bits per heavy atom. The fraction of sp³-hybridized carbons (Fsp3) is 0.333. The Labute approximate surface area is 197 Å². The van der Waals surface area contributed by atoms with Gasteiger partial charge in [-0.3, -0.25) is 29.6 Å². The molecule has 1 atom stereocenters. The Bertz CT molecular complexity index is 1090. The van der Waals surface area contributed by atoms with Gasteiger partial charge < -0.3 is 19.5 Å². The molecule has 0 bridgehead atoms. The van der Waals surface area contributed by atoms with Gasteiger partial charge in [-0.25, -0.2) is 0 Å². The van der Waals surface area contributed by atoms with E-state index in [0.29, 0.717) is 17.2 Å². The van der Waals surface area contributed by atoms with Gasteiger partial charge in [0.15, 0.2) is 6.61 Å². The van der Waals surface area contributed by atoms with Gasteiger partial charge >= 0.3 is 5.97 Å². The van der Waals surface area contributed by atoms with Gasteiger partial charge in [0.05, 0.1) is 26.7 Å². The molecule has 1 heterocycles. The summed E-state index contributed by atoms with van der Waals surface area (Å²) < 4.78 is 15.4. The molecule has 10 nitrogen and oxygen atoms in total. The molecule has 1 fully saturated rings. The molecular formula is C24H27N3O7. The number of nitrogens with one attached hydrogen (secondary N) is 2. The minimum absolute atomic E-state index is 0.0664. The number of hydrazine groups is 1. The SMILES string of the molecule is COc1cc(OC)cc(C(=O)NN2C[C@@H](C(=O)OCC(=O)Nc3cccc(C)c3C)CC2=O)c1. The minimum Gasteiger partial charge on any atom is -0.497 e. The number of benzene rings is 2. The smallest absolute Gasteiger partial charge is 0.311 e. The Balaban J connectivity index is 1.53. The summed E-state index contributed by atoms with van der Waals surface area (Å²) in [6.07, 6.45) is -0.140. The van der Waals surface area contributed by atoms with E-state index in [4.69, 9.17) is 14.2 Å². The van der Waals surface area contributed by atoms with Crippen molar-refractivity contribution in [1.82, 2.24) is 10.4 Å². The Morgan fingerprint density at radius 3 is 2.38 bits per heavy atom. The number of carbonyl (C=O) groups excluding carboxylic acids is 4. The van der Waals surface area contributed by atoms with Crippen molar-refractivity contribution in [3.63, 3.8) is 0 Å². The van der Waals surface area contributed by atoms with Crippen LogP contribution in [0.25, 0.3) is 0 Å². The molecule has 3 amide bonds. The molecular weight excluding hydrogens is 442 g/mol. The van der Waals surface area contributed by atoms with E-state index in [-0.39, 0.29) is 18.5 Å². The molecule has 2 N–H and O–H groups in total. The van der Waals surface area contributed by atoms with Crippen LogP contribution in [0.3, 0.4) is 0 Å². The molecule has 0 aromatic heterocycles. The van der Waals surface area contributed by atoms with Crippen molar-refractivity contribution in [1.29, 1.82) is 0 Å². The summed E-state index contributed by atoms with van der Waals surface area (Å²) in [4.78, 5) is 49.5. The number of rotatable bonds is 8. The molecule has 1 aliphatic rings. The first-order valence-corrected chi connectivity index (χ1v) is 10.6. The highest BCUT2D eigenvalue weighted by Crippen LogP contribution is 2.23. The van der Waals surface area contributed by atoms with Crippen LogP contribution in [0.4, 0.5) is 5.69 Å². The molecule has 1 aliphatic heterocycles. The van der Waals surface area contributed by atoms with Crippen molar-refractivity contribution < 1.29 is 33.4 Å². The molecule has 0 spiro atoms. The van der Waals surface area contributed by atoms with Crippen LogP contribution in [0.1, 0.15) is 27.9 Å². The van der Waals surface area contributed by atoms with Crippen molar-refractivity contribution in [2.24, 2.45) is 5.92 Å². The minimum atomic E-state index is -0.804. The summed E-state index contributed by atoms with van der Waals surface area (Å²) in [6.45, 7) is 3.26. The molecule has 2 aromatic carbocycles. The lowest BCUT2D eigenvalue weighted by atomic mass is 10.1. The van der Waals surface area contributed by atoms with E-state index >= 15 is 0 Å². The predicted octanol–water partition coefficient (Wildman–Crippen LogP) is 2.00. The normalized spacial score (nSPS) is 15.0. The van der Waals surface area contributed by atoms with Crippen LogP contribution in [0, 0.1) is 19.8 Å². The lowest BCUT2D eigenvalue weighted by molar-refractivity contribution is -0.151. The van der Waals surface area contributed by atoms with Gasteiger partial charge in [-0.15, -0.1) is 0 Å². The number of hydrogen-bond acceptors (Lipinski definition) is 7. The van der Waals surface area contributed by atoms with Gasteiger partial charge in [-0.2, -0.15) is 0 Å². The number of ether oxygens (including phenoxy) is 3. The standard InChI is InChI=1S/C24H27N3O7/c1-14-6-5-7-20(15(14)2)25-21(28)13-34-24(31)17-10-22(29)27(12-17)26-23(30)16-8-18(32-3)11-19(9-16)33-4/h5-9,11,17H,10,12-13H2,1-4H3,(H,25,28)(H,26,30)/t17-/m0/s1. The van der Waals surface area contributed by atoms with Crippen LogP contribution < -0.4 is 20.2 Å². The highest BCUT2D eigenvalue weighted by Gasteiger charge is 2.36. The molecule has 0 radical (unpaired) electrons. The Hall–Kier alpha value is -4.08. The van der Waals surface area contributed by atoms with Crippen molar-refractivity contribution >= 4 is 29.4 Å². The summed E-state index contributed by atoms with van der Waals surface area (Å²) in [6, 6.07) is 10.1. The van der Waals surface area contributed by atoms with Crippen molar-refractivity contribution in [3.05, 3.63) is 53.1 Å². The maximum atomic E-state index is 12.6. The van der Waals surface area contributed by atoms with Gasteiger partial charge in [0.1, 0.15) is 11.5 Å². The molecule has 0 aliphatic carbocycles. The molecule has 1 saturated heterocycles. The summed E-state index contributed by atoms with van der Waals surface area (Å²) >= 11 is 0. The second kappa shape index (κ2) is 10.7. The molecule has 0 saturated carbocycles. The fourth-order valence-corrected chi connectivity index (χ4v) is 3.43. The third-order valence-electron chi connectivity index (χ3n) is 5.53. The quantitative estimate of drug-likeness (QED) is 0.567. The number of nitrogens with zero attached hydrogens (tertiary/aromatic N) is 1. The number of carbonyl (C=O) groups is 4. The van der Waals surface area contributed by atoms with Crippen molar-refractivity contribution in [2.75, 3.05) is 32.7 Å². The number of aryl methyl sites for hydroxylation is 1. The van der Waals surface area contributed by atoms with Crippen LogP contribution in [0.2, 0.25) is 0 Å².